The van der Waals surface area contributed by atoms with Gasteiger partial charge in [-0.2, -0.15) is 0 Å². The number of ether oxygens (including phenoxy) is 2. The molecule has 2 heterocycles. The maximum absolute atomic E-state index is 12.4. The summed E-state index contributed by atoms with van der Waals surface area (Å²) >= 11 is 1.36. The quantitative estimate of drug-likeness (QED) is 0.835. The number of urea groups is 1. The Kier molecular flexibility index (Phi) is 6.85. The molecule has 0 saturated carbocycles. The van der Waals surface area contributed by atoms with Gasteiger partial charge in [0.2, 0.25) is 0 Å². The standard InChI is InChI=1S/C16H24N2O4S/c1-3-9-22-12-5-4-7-18(8-6-12)16(20)17-14-11-23-10-13(14)15(19)21-2/h10-12H,3-9H2,1-2H3,(H,17,20). The number of methoxy groups -OCH3 is 1. The zero-order chi connectivity index (χ0) is 16.7. The van der Waals surface area contributed by atoms with Crippen LogP contribution in [0.4, 0.5) is 10.5 Å². The van der Waals surface area contributed by atoms with E-state index in [0.29, 0.717) is 24.3 Å². The van der Waals surface area contributed by atoms with Crippen LogP contribution in [0.1, 0.15) is 43.0 Å². The molecule has 23 heavy (non-hydrogen) atoms. The minimum absolute atomic E-state index is 0.176. The monoisotopic (exact) mass is 340 g/mol. The van der Waals surface area contributed by atoms with Gasteiger partial charge in [0.05, 0.1) is 24.5 Å². The summed E-state index contributed by atoms with van der Waals surface area (Å²) in [6, 6.07) is -0.176. The maximum Gasteiger partial charge on any atom is 0.340 e. The van der Waals surface area contributed by atoms with E-state index < -0.39 is 5.97 Å². The zero-order valence-electron chi connectivity index (χ0n) is 13.7. The van der Waals surface area contributed by atoms with E-state index >= 15 is 0 Å². The van der Waals surface area contributed by atoms with E-state index in [1.165, 1.54) is 18.4 Å². The molecule has 6 nitrogen and oxygen atoms in total. The van der Waals surface area contributed by atoms with Crippen molar-refractivity contribution in [2.24, 2.45) is 0 Å². The summed E-state index contributed by atoms with van der Waals surface area (Å²) in [5.41, 5.74) is 0.903. The smallest absolute Gasteiger partial charge is 0.340 e. The number of likely N-dealkylation sites (tertiary alicyclic amines) is 1. The second kappa shape index (κ2) is 8.88. The van der Waals surface area contributed by atoms with Gasteiger partial charge < -0.3 is 19.7 Å². The Morgan fingerprint density at radius 1 is 1.35 bits per heavy atom. The van der Waals surface area contributed by atoms with Gasteiger partial charge in [-0.15, -0.1) is 11.3 Å². The Morgan fingerprint density at radius 3 is 2.91 bits per heavy atom. The molecule has 1 N–H and O–H groups in total. The molecule has 128 valence electrons. The number of nitrogens with zero attached hydrogens (tertiary/aromatic N) is 1. The van der Waals surface area contributed by atoms with Crippen molar-refractivity contribution in [2.45, 2.75) is 38.7 Å². The summed E-state index contributed by atoms with van der Waals surface area (Å²) in [5.74, 6) is -0.439. The van der Waals surface area contributed by atoms with Crippen LogP contribution in [0.5, 0.6) is 0 Å². The SMILES string of the molecule is CCCOC1CCCN(C(=O)Nc2cscc2C(=O)OC)CC1. The molecular weight excluding hydrogens is 316 g/mol. The molecule has 7 heteroatoms. The lowest BCUT2D eigenvalue weighted by atomic mass is 10.2. The van der Waals surface area contributed by atoms with Crippen LogP contribution in [0, 0.1) is 0 Å². The number of anilines is 1. The van der Waals surface area contributed by atoms with E-state index in [9.17, 15) is 9.59 Å². The van der Waals surface area contributed by atoms with Crippen molar-refractivity contribution < 1.29 is 19.1 Å². The molecule has 0 aliphatic carbocycles. The molecule has 2 rings (SSSR count). The van der Waals surface area contributed by atoms with Crippen molar-refractivity contribution in [3.63, 3.8) is 0 Å². The molecule has 1 aliphatic rings. The second-order valence-electron chi connectivity index (χ2n) is 5.53. The number of amides is 2. The van der Waals surface area contributed by atoms with Gasteiger partial charge >= 0.3 is 12.0 Å². The van der Waals surface area contributed by atoms with Crippen LogP contribution in [-0.4, -0.2) is 49.8 Å². The van der Waals surface area contributed by atoms with Crippen molar-refractivity contribution in [1.82, 2.24) is 4.90 Å². The van der Waals surface area contributed by atoms with Gasteiger partial charge in [0, 0.05) is 30.5 Å². The molecule has 1 fully saturated rings. The molecule has 1 unspecified atom stereocenters. The largest absolute Gasteiger partial charge is 0.465 e. The molecule has 2 amide bonds. The fraction of sp³-hybridized carbons (Fsp3) is 0.625. The number of esters is 1. The lowest BCUT2D eigenvalue weighted by Crippen LogP contribution is -2.36. The fourth-order valence-corrected chi connectivity index (χ4v) is 3.33. The van der Waals surface area contributed by atoms with Gasteiger partial charge in [0.25, 0.3) is 0 Å². The first kappa shape index (κ1) is 17.7. The molecule has 1 saturated heterocycles. The number of thiophene rings is 1. The highest BCUT2D eigenvalue weighted by molar-refractivity contribution is 7.08. The number of hydrogen-bond donors (Lipinski definition) is 1. The van der Waals surface area contributed by atoms with Crippen LogP contribution in [0.25, 0.3) is 0 Å². The van der Waals surface area contributed by atoms with Gasteiger partial charge in [-0.25, -0.2) is 9.59 Å². The van der Waals surface area contributed by atoms with Crippen molar-refractivity contribution in [3.8, 4) is 0 Å². The van der Waals surface area contributed by atoms with Gasteiger partial charge in [-0.1, -0.05) is 6.92 Å². The summed E-state index contributed by atoms with van der Waals surface area (Å²) in [6.45, 7) is 4.23. The molecule has 1 aliphatic heterocycles. The van der Waals surface area contributed by atoms with Gasteiger partial charge in [0.15, 0.2) is 0 Å². The van der Waals surface area contributed by atoms with Crippen LogP contribution >= 0.6 is 11.3 Å². The summed E-state index contributed by atoms with van der Waals surface area (Å²) < 4.78 is 10.5. The third kappa shape index (κ3) is 4.94. The van der Waals surface area contributed by atoms with Gasteiger partial charge in [-0.05, 0) is 25.7 Å². The first-order chi connectivity index (χ1) is 11.2. The van der Waals surface area contributed by atoms with E-state index in [-0.39, 0.29) is 12.1 Å². The zero-order valence-corrected chi connectivity index (χ0v) is 14.5. The summed E-state index contributed by atoms with van der Waals surface area (Å²) in [4.78, 5) is 25.9. The van der Waals surface area contributed by atoms with Crippen molar-refractivity contribution >= 4 is 29.0 Å². The normalized spacial score (nSPS) is 18.3. The number of hydrogen-bond acceptors (Lipinski definition) is 5. The third-order valence-electron chi connectivity index (χ3n) is 3.83. The Morgan fingerprint density at radius 2 is 2.17 bits per heavy atom. The van der Waals surface area contributed by atoms with Crippen LogP contribution in [-0.2, 0) is 9.47 Å². The van der Waals surface area contributed by atoms with Crippen molar-refractivity contribution in [2.75, 3.05) is 32.1 Å². The predicted octanol–water partition coefficient (Wildman–Crippen LogP) is 3.35. The van der Waals surface area contributed by atoms with E-state index in [1.54, 1.807) is 15.7 Å². The summed E-state index contributed by atoms with van der Waals surface area (Å²) in [7, 11) is 1.33. The molecule has 1 atom stereocenters. The summed E-state index contributed by atoms with van der Waals surface area (Å²) in [5, 5.41) is 6.24. The number of carbonyl (C=O) groups excluding carboxylic acids is 2. The minimum atomic E-state index is -0.439. The predicted molar refractivity (Wildman–Crippen MR) is 90.1 cm³/mol. The summed E-state index contributed by atoms with van der Waals surface area (Å²) in [6.07, 6.45) is 4.00. The average molecular weight is 340 g/mol. The number of rotatable bonds is 5. The van der Waals surface area contributed by atoms with Crippen molar-refractivity contribution in [3.05, 3.63) is 16.3 Å². The number of nitrogens with one attached hydrogen (secondary N) is 1. The first-order valence-electron chi connectivity index (χ1n) is 7.97. The van der Waals surface area contributed by atoms with Crippen LogP contribution in [0.3, 0.4) is 0 Å². The Bertz CT molecular complexity index is 532. The molecule has 0 bridgehead atoms. The Labute approximate surface area is 140 Å². The topological polar surface area (TPSA) is 67.9 Å². The Balaban J connectivity index is 1.91. The maximum atomic E-state index is 12.4. The van der Waals surface area contributed by atoms with Crippen molar-refractivity contribution in [1.29, 1.82) is 0 Å². The van der Waals surface area contributed by atoms with E-state index in [4.69, 9.17) is 9.47 Å². The number of carbonyl (C=O) groups is 2. The molecule has 0 spiro atoms. The third-order valence-corrected chi connectivity index (χ3v) is 4.57. The van der Waals surface area contributed by atoms with Crippen LogP contribution in [0.15, 0.2) is 10.8 Å². The Hall–Kier alpha value is -1.60. The van der Waals surface area contributed by atoms with E-state index in [1.807, 2.05) is 0 Å². The van der Waals surface area contributed by atoms with Gasteiger partial charge in [0.1, 0.15) is 0 Å². The van der Waals surface area contributed by atoms with E-state index in [0.717, 1.165) is 32.3 Å². The molecule has 1 aromatic rings. The fourth-order valence-electron chi connectivity index (χ4n) is 2.58. The second-order valence-corrected chi connectivity index (χ2v) is 6.28. The average Bonchev–Trinajstić information content (AvgIpc) is 2.88. The van der Waals surface area contributed by atoms with Crippen LogP contribution < -0.4 is 5.32 Å². The lowest BCUT2D eigenvalue weighted by Gasteiger charge is -2.21. The molecule has 0 aromatic carbocycles. The van der Waals surface area contributed by atoms with E-state index in [2.05, 4.69) is 12.2 Å². The highest BCUT2D eigenvalue weighted by Gasteiger charge is 2.22. The highest BCUT2D eigenvalue weighted by Crippen LogP contribution is 2.23. The highest BCUT2D eigenvalue weighted by atomic mass is 32.1. The van der Waals surface area contributed by atoms with Gasteiger partial charge in [-0.3, -0.25) is 0 Å². The minimum Gasteiger partial charge on any atom is -0.465 e. The molecule has 1 aromatic heterocycles. The lowest BCUT2D eigenvalue weighted by molar-refractivity contribution is 0.0446. The molecular formula is C16H24N2O4S. The first-order valence-corrected chi connectivity index (χ1v) is 8.92. The molecule has 0 radical (unpaired) electrons. The van der Waals surface area contributed by atoms with Crippen LogP contribution in [0.2, 0.25) is 0 Å².